The van der Waals surface area contributed by atoms with E-state index in [1.807, 2.05) is 37.4 Å². The van der Waals surface area contributed by atoms with E-state index in [0.29, 0.717) is 0 Å². The zero-order valence-corrected chi connectivity index (χ0v) is 12.2. The topological polar surface area (TPSA) is 24.9 Å². The molecule has 1 heterocycles. The number of nitrogens with zero attached hydrogens (tertiary/aromatic N) is 1. The molecule has 0 aliphatic rings. The smallest absolute Gasteiger partial charge is 0.0766 e. The second-order valence-corrected chi connectivity index (χ2v) is 5.33. The van der Waals surface area contributed by atoms with Crippen LogP contribution in [0.1, 0.15) is 11.1 Å². The molecule has 0 bridgehead atoms. The second kappa shape index (κ2) is 5.14. The Balaban J connectivity index is 2.10. The summed E-state index contributed by atoms with van der Waals surface area (Å²) in [4.78, 5) is 4.44. The fraction of sp³-hybridized carbons (Fsp3) is 0.118. The lowest BCUT2D eigenvalue weighted by Gasteiger charge is -2.11. The van der Waals surface area contributed by atoms with Crippen LogP contribution in [0.3, 0.4) is 0 Å². The van der Waals surface area contributed by atoms with Crippen molar-refractivity contribution in [2.75, 3.05) is 5.32 Å². The molecule has 0 amide bonds. The molecule has 0 saturated heterocycles. The number of aryl methyl sites for hydroxylation is 2. The van der Waals surface area contributed by atoms with Crippen molar-refractivity contribution < 1.29 is 0 Å². The van der Waals surface area contributed by atoms with Gasteiger partial charge in [0, 0.05) is 28.0 Å². The molecule has 0 aliphatic carbocycles. The highest BCUT2D eigenvalue weighted by Crippen LogP contribution is 2.30. The predicted molar refractivity (Wildman–Crippen MR) is 86.0 cm³/mol. The third kappa shape index (κ3) is 2.35. The lowest BCUT2D eigenvalue weighted by molar-refractivity contribution is 1.36. The van der Waals surface area contributed by atoms with E-state index in [2.05, 4.69) is 35.4 Å². The molecule has 0 saturated carbocycles. The first kappa shape index (κ1) is 12.9. The van der Waals surface area contributed by atoms with Crippen molar-refractivity contribution >= 4 is 33.9 Å². The Hall–Kier alpha value is -2.06. The number of fused-ring (bicyclic) bond motifs is 1. The first-order valence-electron chi connectivity index (χ1n) is 6.52. The average molecular weight is 283 g/mol. The molecular formula is C17H15ClN2. The largest absolute Gasteiger partial charge is 0.355 e. The van der Waals surface area contributed by atoms with E-state index in [0.717, 1.165) is 32.9 Å². The van der Waals surface area contributed by atoms with Gasteiger partial charge in [0.15, 0.2) is 0 Å². The number of aromatic nitrogens is 1. The first-order chi connectivity index (χ1) is 9.65. The molecule has 0 spiro atoms. The zero-order chi connectivity index (χ0) is 14.1. The first-order valence-corrected chi connectivity index (χ1v) is 6.90. The molecule has 3 aromatic rings. The van der Waals surface area contributed by atoms with Crippen molar-refractivity contribution in [3.8, 4) is 0 Å². The molecule has 1 aromatic heterocycles. The molecule has 0 aliphatic heterocycles. The Morgan fingerprint density at radius 2 is 1.90 bits per heavy atom. The molecular weight excluding hydrogens is 268 g/mol. The van der Waals surface area contributed by atoms with Crippen LogP contribution in [0.2, 0.25) is 5.02 Å². The van der Waals surface area contributed by atoms with E-state index >= 15 is 0 Å². The summed E-state index contributed by atoms with van der Waals surface area (Å²) in [5.41, 5.74) is 5.30. The van der Waals surface area contributed by atoms with Crippen molar-refractivity contribution in [1.29, 1.82) is 0 Å². The minimum absolute atomic E-state index is 0.748. The molecule has 0 radical (unpaired) electrons. The van der Waals surface area contributed by atoms with E-state index in [4.69, 9.17) is 11.6 Å². The quantitative estimate of drug-likeness (QED) is 0.694. The maximum absolute atomic E-state index is 6.16. The Bertz CT molecular complexity index is 781. The predicted octanol–water partition coefficient (Wildman–Crippen LogP) is 5.25. The van der Waals surface area contributed by atoms with Gasteiger partial charge in [-0.25, -0.2) is 0 Å². The average Bonchev–Trinajstić information content (AvgIpc) is 2.43. The molecule has 100 valence electrons. The maximum atomic E-state index is 6.16. The van der Waals surface area contributed by atoms with Crippen LogP contribution in [0.5, 0.6) is 0 Å². The minimum atomic E-state index is 0.748. The number of pyridine rings is 1. The molecule has 3 heteroatoms. The Morgan fingerprint density at radius 3 is 2.70 bits per heavy atom. The monoisotopic (exact) mass is 282 g/mol. The van der Waals surface area contributed by atoms with Crippen LogP contribution >= 0.6 is 11.6 Å². The van der Waals surface area contributed by atoms with Crippen molar-refractivity contribution in [2.24, 2.45) is 0 Å². The van der Waals surface area contributed by atoms with Crippen LogP contribution in [0, 0.1) is 13.8 Å². The Morgan fingerprint density at radius 1 is 1.05 bits per heavy atom. The summed E-state index contributed by atoms with van der Waals surface area (Å²) in [5, 5.41) is 5.28. The Labute approximate surface area is 123 Å². The standard InChI is InChI=1S/C17H15ClN2/c1-11-4-3-5-13(10-11)20-16-8-9-19-17-12(2)15(18)7-6-14(16)17/h3-10H,1-2H3,(H,19,20). The van der Waals surface area contributed by atoms with Gasteiger partial charge in [-0.15, -0.1) is 0 Å². The van der Waals surface area contributed by atoms with Gasteiger partial charge in [-0.05, 0) is 55.3 Å². The van der Waals surface area contributed by atoms with Crippen LogP contribution in [-0.4, -0.2) is 4.98 Å². The van der Waals surface area contributed by atoms with E-state index in [1.54, 1.807) is 0 Å². The number of nitrogens with one attached hydrogen (secondary N) is 1. The normalized spacial score (nSPS) is 10.8. The highest BCUT2D eigenvalue weighted by atomic mass is 35.5. The second-order valence-electron chi connectivity index (χ2n) is 4.92. The van der Waals surface area contributed by atoms with Crippen molar-refractivity contribution in [3.05, 3.63) is 64.8 Å². The number of rotatable bonds is 2. The number of halogens is 1. The van der Waals surface area contributed by atoms with Crippen molar-refractivity contribution in [3.63, 3.8) is 0 Å². The molecule has 20 heavy (non-hydrogen) atoms. The molecule has 0 atom stereocenters. The highest BCUT2D eigenvalue weighted by Gasteiger charge is 2.07. The SMILES string of the molecule is Cc1cccc(Nc2ccnc3c(C)c(Cl)ccc23)c1. The molecule has 1 N–H and O–H groups in total. The number of anilines is 2. The molecule has 0 unspecified atom stereocenters. The lowest BCUT2D eigenvalue weighted by atomic mass is 10.1. The molecule has 0 fully saturated rings. The summed E-state index contributed by atoms with van der Waals surface area (Å²) in [6.07, 6.45) is 1.81. The third-order valence-electron chi connectivity index (χ3n) is 3.40. The molecule has 2 nitrogen and oxygen atoms in total. The van der Waals surface area contributed by atoms with Gasteiger partial charge in [-0.3, -0.25) is 4.98 Å². The highest BCUT2D eigenvalue weighted by molar-refractivity contribution is 6.32. The van der Waals surface area contributed by atoms with Gasteiger partial charge in [0.25, 0.3) is 0 Å². The van der Waals surface area contributed by atoms with E-state index in [-0.39, 0.29) is 0 Å². The fourth-order valence-corrected chi connectivity index (χ4v) is 2.48. The van der Waals surface area contributed by atoms with Crippen LogP contribution in [0.15, 0.2) is 48.7 Å². The number of benzene rings is 2. The minimum Gasteiger partial charge on any atom is -0.355 e. The number of hydrogen-bond acceptors (Lipinski definition) is 2. The Kier molecular flexibility index (Phi) is 3.33. The molecule has 3 rings (SSSR count). The summed E-state index contributed by atoms with van der Waals surface area (Å²) < 4.78 is 0. The van der Waals surface area contributed by atoms with Gasteiger partial charge >= 0.3 is 0 Å². The summed E-state index contributed by atoms with van der Waals surface area (Å²) >= 11 is 6.16. The summed E-state index contributed by atoms with van der Waals surface area (Å²) in [6.45, 7) is 4.08. The summed E-state index contributed by atoms with van der Waals surface area (Å²) in [7, 11) is 0. The van der Waals surface area contributed by atoms with Crippen LogP contribution in [0.25, 0.3) is 10.9 Å². The van der Waals surface area contributed by atoms with Crippen LogP contribution in [0.4, 0.5) is 11.4 Å². The van der Waals surface area contributed by atoms with E-state index in [9.17, 15) is 0 Å². The van der Waals surface area contributed by atoms with Crippen LogP contribution in [-0.2, 0) is 0 Å². The van der Waals surface area contributed by atoms with Gasteiger partial charge in [0.1, 0.15) is 0 Å². The van der Waals surface area contributed by atoms with E-state index in [1.165, 1.54) is 5.56 Å². The number of hydrogen-bond donors (Lipinski definition) is 1. The lowest BCUT2D eigenvalue weighted by Crippen LogP contribution is -1.94. The van der Waals surface area contributed by atoms with Crippen molar-refractivity contribution in [2.45, 2.75) is 13.8 Å². The van der Waals surface area contributed by atoms with Gasteiger partial charge in [0.2, 0.25) is 0 Å². The van der Waals surface area contributed by atoms with E-state index < -0.39 is 0 Å². The van der Waals surface area contributed by atoms with Gasteiger partial charge in [0.05, 0.1) is 5.52 Å². The van der Waals surface area contributed by atoms with Gasteiger partial charge < -0.3 is 5.32 Å². The third-order valence-corrected chi connectivity index (χ3v) is 3.81. The van der Waals surface area contributed by atoms with Crippen LogP contribution < -0.4 is 5.32 Å². The fourth-order valence-electron chi connectivity index (χ4n) is 2.32. The van der Waals surface area contributed by atoms with Crippen molar-refractivity contribution in [1.82, 2.24) is 4.98 Å². The summed E-state index contributed by atoms with van der Waals surface area (Å²) in [5.74, 6) is 0. The maximum Gasteiger partial charge on any atom is 0.0766 e. The molecule has 2 aromatic carbocycles. The van der Waals surface area contributed by atoms with Gasteiger partial charge in [-0.2, -0.15) is 0 Å². The summed E-state index contributed by atoms with van der Waals surface area (Å²) in [6, 6.07) is 14.2. The zero-order valence-electron chi connectivity index (χ0n) is 11.4. The van der Waals surface area contributed by atoms with Gasteiger partial charge in [-0.1, -0.05) is 23.7 Å².